The van der Waals surface area contributed by atoms with E-state index in [0.29, 0.717) is 12.2 Å². The minimum Gasteiger partial charge on any atom is -0.309 e. The van der Waals surface area contributed by atoms with Crippen LogP contribution in [0.4, 0.5) is 15.8 Å². The van der Waals surface area contributed by atoms with Crippen LogP contribution in [-0.4, -0.2) is 17.4 Å². The first-order valence-electron chi connectivity index (χ1n) is 6.35. The fourth-order valence-electron chi connectivity index (χ4n) is 2.00. The molecule has 0 aromatic heterocycles. The van der Waals surface area contributed by atoms with Crippen molar-refractivity contribution in [2.45, 2.75) is 6.92 Å². The van der Waals surface area contributed by atoms with Crippen LogP contribution in [0, 0.1) is 15.9 Å². The maximum absolute atomic E-state index is 13.6. The molecule has 0 radical (unpaired) electrons. The molecule has 0 saturated carbocycles. The molecule has 0 aliphatic heterocycles. The summed E-state index contributed by atoms with van der Waals surface area (Å²) in [4.78, 5) is 23.6. The lowest BCUT2D eigenvalue weighted by atomic mass is 10.1. The molecule has 6 heteroatoms. The molecule has 0 aliphatic rings. The Bertz CT molecular complexity index is 674. The van der Waals surface area contributed by atoms with Crippen LogP contribution in [0.2, 0.25) is 0 Å². The van der Waals surface area contributed by atoms with E-state index in [-0.39, 0.29) is 5.56 Å². The molecule has 2 aromatic carbocycles. The van der Waals surface area contributed by atoms with Gasteiger partial charge in [-0.25, -0.2) is 0 Å². The van der Waals surface area contributed by atoms with Crippen molar-refractivity contribution in [1.29, 1.82) is 0 Å². The fourth-order valence-corrected chi connectivity index (χ4v) is 2.00. The van der Waals surface area contributed by atoms with Gasteiger partial charge in [0.1, 0.15) is 0 Å². The summed E-state index contributed by atoms with van der Waals surface area (Å²) in [6.07, 6.45) is 0. The van der Waals surface area contributed by atoms with E-state index in [0.717, 1.165) is 12.1 Å². The normalized spacial score (nSPS) is 10.2. The summed E-state index contributed by atoms with van der Waals surface area (Å²) in [5.41, 5.74) is 0.113. The number of anilines is 1. The van der Waals surface area contributed by atoms with Crippen molar-refractivity contribution in [1.82, 2.24) is 0 Å². The minimum absolute atomic E-state index is 0.0730. The number of para-hydroxylation sites is 1. The number of hydrogen-bond acceptors (Lipinski definition) is 3. The highest BCUT2D eigenvalue weighted by atomic mass is 19.1. The van der Waals surface area contributed by atoms with Crippen molar-refractivity contribution >= 4 is 17.3 Å². The maximum atomic E-state index is 13.6. The van der Waals surface area contributed by atoms with Gasteiger partial charge in [0.2, 0.25) is 5.82 Å². The number of carbonyl (C=O) groups is 1. The van der Waals surface area contributed by atoms with E-state index in [9.17, 15) is 19.3 Å². The number of carbonyl (C=O) groups excluding carboxylic acids is 1. The number of rotatable bonds is 4. The van der Waals surface area contributed by atoms with Gasteiger partial charge >= 0.3 is 5.69 Å². The first-order valence-corrected chi connectivity index (χ1v) is 6.35. The number of nitrogens with zero attached hydrogens (tertiary/aromatic N) is 2. The topological polar surface area (TPSA) is 63.5 Å². The SMILES string of the molecule is CCN(C(=O)c1ccc([N+](=O)[O-])c(F)c1)c1ccccc1. The van der Waals surface area contributed by atoms with E-state index in [4.69, 9.17) is 0 Å². The second-order valence-electron chi connectivity index (χ2n) is 4.31. The fraction of sp³-hybridized carbons (Fsp3) is 0.133. The van der Waals surface area contributed by atoms with Crippen molar-refractivity contribution in [2.75, 3.05) is 11.4 Å². The highest BCUT2D eigenvalue weighted by Gasteiger charge is 2.20. The number of hydrogen-bond donors (Lipinski definition) is 0. The molecule has 0 fully saturated rings. The molecule has 1 amide bonds. The summed E-state index contributed by atoms with van der Waals surface area (Å²) >= 11 is 0. The molecule has 0 unspecified atom stereocenters. The van der Waals surface area contributed by atoms with Crippen molar-refractivity contribution in [2.24, 2.45) is 0 Å². The van der Waals surface area contributed by atoms with Crippen LogP contribution in [0.3, 0.4) is 0 Å². The molecule has 108 valence electrons. The molecule has 0 bridgehead atoms. The third-order valence-corrected chi connectivity index (χ3v) is 3.02. The van der Waals surface area contributed by atoms with Crippen molar-refractivity contribution in [3.05, 3.63) is 70.0 Å². The predicted molar refractivity (Wildman–Crippen MR) is 76.8 cm³/mol. The molecule has 0 atom stereocenters. The van der Waals surface area contributed by atoms with Gasteiger partial charge in [-0.2, -0.15) is 4.39 Å². The Morgan fingerprint density at radius 2 is 1.90 bits per heavy atom. The van der Waals surface area contributed by atoms with Gasteiger partial charge in [0.15, 0.2) is 0 Å². The third kappa shape index (κ3) is 3.05. The number of nitro benzene ring substituents is 1. The number of nitro groups is 1. The summed E-state index contributed by atoms with van der Waals surface area (Å²) in [5, 5.41) is 10.6. The first-order chi connectivity index (χ1) is 10.0. The monoisotopic (exact) mass is 288 g/mol. The lowest BCUT2D eigenvalue weighted by Gasteiger charge is -2.21. The van der Waals surface area contributed by atoms with Crippen LogP contribution in [0.15, 0.2) is 48.5 Å². The Labute approximate surface area is 120 Å². The van der Waals surface area contributed by atoms with Gasteiger partial charge < -0.3 is 4.90 Å². The standard InChI is InChI=1S/C15H13FN2O3/c1-2-17(12-6-4-3-5-7-12)15(19)11-8-9-14(18(20)21)13(16)10-11/h3-10H,2H2,1H3. The molecular weight excluding hydrogens is 275 g/mol. The number of benzene rings is 2. The molecule has 0 aliphatic carbocycles. The van der Waals surface area contributed by atoms with E-state index >= 15 is 0 Å². The third-order valence-electron chi connectivity index (χ3n) is 3.02. The van der Waals surface area contributed by atoms with Crippen molar-refractivity contribution < 1.29 is 14.1 Å². The smallest absolute Gasteiger partial charge is 0.304 e. The summed E-state index contributed by atoms with van der Waals surface area (Å²) in [6.45, 7) is 2.20. The Balaban J connectivity index is 2.35. The highest BCUT2D eigenvalue weighted by Crippen LogP contribution is 2.21. The van der Waals surface area contributed by atoms with Gasteiger partial charge in [-0.05, 0) is 31.2 Å². The first kappa shape index (κ1) is 14.6. The molecule has 21 heavy (non-hydrogen) atoms. The van der Waals surface area contributed by atoms with E-state index in [1.54, 1.807) is 31.2 Å². The van der Waals surface area contributed by atoms with E-state index in [1.165, 1.54) is 11.0 Å². The Morgan fingerprint density at radius 3 is 2.43 bits per heavy atom. The zero-order chi connectivity index (χ0) is 15.4. The van der Waals surface area contributed by atoms with Crippen molar-refractivity contribution in [3.8, 4) is 0 Å². The average Bonchev–Trinajstić information content (AvgIpc) is 2.48. The summed E-state index contributed by atoms with van der Waals surface area (Å²) in [7, 11) is 0. The summed E-state index contributed by atoms with van der Waals surface area (Å²) < 4.78 is 13.6. The molecule has 5 nitrogen and oxygen atoms in total. The largest absolute Gasteiger partial charge is 0.309 e. The van der Waals surface area contributed by atoms with Gasteiger partial charge in [-0.3, -0.25) is 14.9 Å². The Morgan fingerprint density at radius 1 is 1.24 bits per heavy atom. The average molecular weight is 288 g/mol. The minimum atomic E-state index is -1.02. The molecule has 0 saturated heterocycles. The Hall–Kier alpha value is -2.76. The van der Waals surface area contributed by atoms with Crippen LogP contribution in [0.5, 0.6) is 0 Å². The molecule has 0 spiro atoms. The molecule has 2 aromatic rings. The van der Waals surface area contributed by atoms with Crippen molar-refractivity contribution in [3.63, 3.8) is 0 Å². The maximum Gasteiger partial charge on any atom is 0.304 e. The highest BCUT2D eigenvalue weighted by molar-refractivity contribution is 6.06. The van der Waals surface area contributed by atoms with Crippen LogP contribution < -0.4 is 4.90 Å². The second kappa shape index (κ2) is 6.13. The summed E-state index contributed by atoms with van der Waals surface area (Å²) in [5.74, 6) is -1.42. The van der Waals surface area contributed by atoms with Gasteiger partial charge in [0.05, 0.1) is 4.92 Å². The molecular formula is C15H13FN2O3. The predicted octanol–water partition coefficient (Wildman–Crippen LogP) is 3.40. The zero-order valence-corrected chi connectivity index (χ0v) is 11.3. The van der Waals surface area contributed by atoms with Crippen LogP contribution in [0.1, 0.15) is 17.3 Å². The van der Waals surface area contributed by atoms with Gasteiger partial charge in [-0.1, -0.05) is 18.2 Å². The second-order valence-corrected chi connectivity index (χ2v) is 4.31. The zero-order valence-electron chi connectivity index (χ0n) is 11.3. The quantitative estimate of drug-likeness (QED) is 0.639. The molecule has 0 heterocycles. The van der Waals surface area contributed by atoms with E-state index in [1.807, 2.05) is 6.07 Å². The van der Waals surface area contributed by atoms with E-state index < -0.39 is 22.3 Å². The van der Waals surface area contributed by atoms with E-state index in [2.05, 4.69) is 0 Å². The van der Waals surface area contributed by atoms with Crippen LogP contribution in [0.25, 0.3) is 0 Å². The number of amides is 1. The lowest BCUT2D eigenvalue weighted by molar-refractivity contribution is -0.387. The lowest BCUT2D eigenvalue weighted by Crippen LogP contribution is -2.30. The Kier molecular flexibility index (Phi) is 4.27. The molecule has 2 rings (SSSR count). The van der Waals surface area contributed by atoms with Gasteiger partial charge in [0, 0.05) is 23.9 Å². The van der Waals surface area contributed by atoms with Gasteiger partial charge in [0.25, 0.3) is 5.91 Å². The van der Waals surface area contributed by atoms with Crippen LogP contribution >= 0.6 is 0 Å². The van der Waals surface area contributed by atoms with Gasteiger partial charge in [-0.15, -0.1) is 0 Å². The summed E-state index contributed by atoms with van der Waals surface area (Å²) in [6, 6.07) is 12.1. The number of halogens is 1. The molecule has 0 N–H and O–H groups in total. The van der Waals surface area contributed by atoms with Crippen LogP contribution in [-0.2, 0) is 0 Å².